The minimum absolute atomic E-state index is 0.0326. The number of hydrogen-bond donors (Lipinski definition) is 2. The van der Waals surface area contributed by atoms with E-state index in [1.165, 1.54) is 29.3 Å². The van der Waals surface area contributed by atoms with Crippen LogP contribution in [0.15, 0.2) is 42.5 Å². The molecule has 1 aromatic carbocycles. The zero-order valence-corrected chi connectivity index (χ0v) is 11.2. The Hall–Kier alpha value is -2.69. The van der Waals surface area contributed by atoms with E-state index in [1.54, 1.807) is 0 Å². The lowest BCUT2D eigenvalue weighted by atomic mass is 10.1. The zero-order chi connectivity index (χ0) is 14.8. The van der Waals surface area contributed by atoms with Gasteiger partial charge in [0.25, 0.3) is 5.91 Å². The third-order valence-corrected chi connectivity index (χ3v) is 3.59. The molecule has 1 aliphatic rings. The van der Waals surface area contributed by atoms with Crippen molar-refractivity contribution in [2.75, 3.05) is 0 Å². The second kappa shape index (κ2) is 5.36. The number of carbonyl (C=O) groups is 2. The Morgan fingerprint density at radius 2 is 1.62 bits per heavy atom. The quantitative estimate of drug-likeness (QED) is 0.897. The van der Waals surface area contributed by atoms with Crippen LogP contribution in [0.2, 0.25) is 0 Å². The number of fused-ring (bicyclic) bond motifs is 1. The second-order valence-corrected chi connectivity index (χ2v) is 5.06. The highest BCUT2D eigenvalue weighted by Gasteiger charge is 2.23. The molecular weight excluding hydrogens is 268 g/mol. The predicted octanol–water partition coefficient (Wildman–Crippen LogP) is 1.68. The number of amides is 1. The monoisotopic (exact) mass is 282 g/mol. The minimum Gasteiger partial charge on any atom is -0.477 e. The van der Waals surface area contributed by atoms with Gasteiger partial charge in [-0.25, -0.2) is 9.78 Å². The van der Waals surface area contributed by atoms with Gasteiger partial charge in [0.1, 0.15) is 11.4 Å². The molecule has 5 nitrogen and oxygen atoms in total. The maximum absolute atomic E-state index is 12.2. The van der Waals surface area contributed by atoms with Crippen molar-refractivity contribution in [1.29, 1.82) is 0 Å². The van der Waals surface area contributed by atoms with Crippen LogP contribution in [-0.2, 0) is 12.8 Å². The first kappa shape index (κ1) is 13.3. The number of carboxylic acid groups (broad SMARTS) is 1. The zero-order valence-electron chi connectivity index (χ0n) is 11.2. The number of benzene rings is 1. The van der Waals surface area contributed by atoms with Crippen LogP contribution in [0.5, 0.6) is 0 Å². The van der Waals surface area contributed by atoms with Gasteiger partial charge in [0.05, 0.1) is 0 Å². The van der Waals surface area contributed by atoms with Gasteiger partial charge in [0, 0.05) is 6.04 Å². The number of carbonyl (C=O) groups excluding carboxylic acids is 1. The van der Waals surface area contributed by atoms with E-state index in [0.717, 1.165) is 12.8 Å². The summed E-state index contributed by atoms with van der Waals surface area (Å²) in [7, 11) is 0. The SMILES string of the molecule is O=C(O)c1cccc(C(=O)NC2Cc3ccccc3C2)n1. The number of rotatable bonds is 3. The van der Waals surface area contributed by atoms with E-state index >= 15 is 0 Å². The molecule has 0 saturated heterocycles. The lowest BCUT2D eigenvalue weighted by molar-refractivity contribution is 0.0690. The Kier molecular flexibility index (Phi) is 3.39. The second-order valence-electron chi connectivity index (χ2n) is 5.06. The van der Waals surface area contributed by atoms with Crippen LogP contribution in [0.1, 0.15) is 32.1 Å². The summed E-state index contributed by atoms with van der Waals surface area (Å²) < 4.78 is 0. The summed E-state index contributed by atoms with van der Waals surface area (Å²) in [5.41, 5.74) is 2.49. The molecule has 0 aliphatic heterocycles. The van der Waals surface area contributed by atoms with Crippen molar-refractivity contribution in [2.24, 2.45) is 0 Å². The van der Waals surface area contributed by atoms with E-state index in [9.17, 15) is 9.59 Å². The van der Waals surface area contributed by atoms with Crippen LogP contribution < -0.4 is 5.32 Å². The molecule has 0 bridgehead atoms. The maximum atomic E-state index is 12.2. The van der Waals surface area contributed by atoms with E-state index < -0.39 is 5.97 Å². The molecule has 1 aromatic heterocycles. The first-order valence-electron chi connectivity index (χ1n) is 6.71. The molecule has 2 N–H and O–H groups in total. The average Bonchev–Trinajstić information content (AvgIpc) is 2.89. The largest absolute Gasteiger partial charge is 0.477 e. The Balaban J connectivity index is 1.71. The van der Waals surface area contributed by atoms with Crippen LogP contribution >= 0.6 is 0 Å². The Labute approximate surface area is 121 Å². The molecule has 1 aliphatic carbocycles. The number of aromatic carboxylic acids is 1. The maximum Gasteiger partial charge on any atom is 0.354 e. The summed E-state index contributed by atoms with van der Waals surface area (Å²) in [6.45, 7) is 0. The number of aromatic nitrogens is 1. The summed E-state index contributed by atoms with van der Waals surface area (Å²) in [5, 5.41) is 11.8. The number of hydrogen-bond acceptors (Lipinski definition) is 3. The van der Waals surface area contributed by atoms with Crippen LogP contribution in [0, 0.1) is 0 Å². The van der Waals surface area contributed by atoms with Gasteiger partial charge in [0.15, 0.2) is 0 Å². The van der Waals surface area contributed by atoms with Gasteiger partial charge in [-0.2, -0.15) is 0 Å². The van der Waals surface area contributed by atoms with Crippen molar-refractivity contribution >= 4 is 11.9 Å². The normalized spacial score (nSPS) is 13.7. The fourth-order valence-electron chi connectivity index (χ4n) is 2.60. The third kappa shape index (κ3) is 2.76. The summed E-state index contributed by atoms with van der Waals surface area (Å²) in [4.78, 5) is 26.9. The number of carboxylic acids is 1. The van der Waals surface area contributed by atoms with E-state index in [4.69, 9.17) is 5.11 Å². The molecule has 5 heteroatoms. The van der Waals surface area contributed by atoms with Gasteiger partial charge in [-0.05, 0) is 36.1 Å². The molecule has 0 spiro atoms. The van der Waals surface area contributed by atoms with E-state index in [0.29, 0.717) is 0 Å². The molecule has 0 unspecified atom stereocenters. The highest BCUT2D eigenvalue weighted by Crippen LogP contribution is 2.21. The van der Waals surface area contributed by atoms with Crippen LogP contribution in [0.25, 0.3) is 0 Å². The fourth-order valence-corrected chi connectivity index (χ4v) is 2.60. The average molecular weight is 282 g/mol. The van der Waals surface area contributed by atoms with E-state index in [2.05, 4.69) is 22.4 Å². The third-order valence-electron chi connectivity index (χ3n) is 3.59. The van der Waals surface area contributed by atoms with Gasteiger partial charge in [0.2, 0.25) is 0 Å². The van der Waals surface area contributed by atoms with Crippen molar-refractivity contribution in [3.8, 4) is 0 Å². The molecule has 2 aromatic rings. The predicted molar refractivity (Wildman–Crippen MR) is 76.3 cm³/mol. The lowest BCUT2D eigenvalue weighted by Crippen LogP contribution is -2.35. The van der Waals surface area contributed by atoms with Crippen molar-refractivity contribution < 1.29 is 14.7 Å². The van der Waals surface area contributed by atoms with Gasteiger partial charge in [-0.15, -0.1) is 0 Å². The molecule has 21 heavy (non-hydrogen) atoms. The lowest BCUT2D eigenvalue weighted by Gasteiger charge is -2.11. The van der Waals surface area contributed by atoms with Crippen molar-refractivity contribution in [2.45, 2.75) is 18.9 Å². The van der Waals surface area contributed by atoms with E-state index in [1.807, 2.05) is 12.1 Å². The first-order valence-corrected chi connectivity index (χ1v) is 6.71. The number of nitrogens with one attached hydrogen (secondary N) is 1. The summed E-state index contributed by atoms with van der Waals surface area (Å²) in [6, 6.07) is 12.5. The Morgan fingerprint density at radius 1 is 1.00 bits per heavy atom. The summed E-state index contributed by atoms with van der Waals surface area (Å²) >= 11 is 0. The Morgan fingerprint density at radius 3 is 2.24 bits per heavy atom. The standard InChI is InChI=1S/C16H14N2O3/c19-15(13-6-3-7-14(18-13)16(20)21)17-12-8-10-4-1-2-5-11(10)9-12/h1-7,12H,8-9H2,(H,17,19)(H,20,21). The minimum atomic E-state index is -1.14. The highest BCUT2D eigenvalue weighted by molar-refractivity contribution is 5.94. The van der Waals surface area contributed by atoms with Gasteiger partial charge in [-0.1, -0.05) is 30.3 Å². The Bertz CT molecular complexity index is 687. The van der Waals surface area contributed by atoms with Gasteiger partial charge >= 0.3 is 5.97 Å². The molecule has 0 radical (unpaired) electrons. The summed E-state index contributed by atoms with van der Waals surface area (Å²) in [5.74, 6) is -1.48. The number of pyridine rings is 1. The molecule has 106 valence electrons. The topological polar surface area (TPSA) is 79.3 Å². The van der Waals surface area contributed by atoms with Crippen molar-refractivity contribution in [3.05, 3.63) is 65.0 Å². The molecule has 3 rings (SSSR count). The van der Waals surface area contributed by atoms with Gasteiger partial charge in [-0.3, -0.25) is 4.79 Å². The van der Waals surface area contributed by atoms with Gasteiger partial charge < -0.3 is 10.4 Å². The van der Waals surface area contributed by atoms with Crippen LogP contribution in [-0.4, -0.2) is 28.0 Å². The molecular formula is C16H14N2O3. The van der Waals surface area contributed by atoms with Crippen LogP contribution in [0.4, 0.5) is 0 Å². The first-order chi connectivity index (χ1) is 10.1. The highest BCUT2D eigenvalue weighted by atomic mass is 16.4. The smallest absolute Gasteiger partial charge is 0.354 e. The molecule has 0 atom stereocenters. The molecule has 0 fully saturated rings. The molecule has 0 saturated carbocycles. The van der Waals surface area contributed by atoms with Crippen molar-refractivity contribution in [3.63, 3.8) is 0 Å². The molecule has 1 heterocycles. The van der Waals surface area contributed by atoms with E-state index in [-0.39, 0.29) is 23.3 Å². The van der Waals surface area contributed by atoms with Crippen LogP contribution in [0.3, 0.4) is 0 Å². The fraction of sp³-hybridized carbons (Fsp3) is 0.188. The number of nitrogens with zero attached hydrogens (tertiary/aromatic N) is 1. The van der Waals surface area contributed by atoms with Crippen molar-refractivity contribution in [1.82, 2.24) is 10.3 Å². The summed E-state index contributed by atoms with van der Waals surface area (Å²) in [6.07, 6.45) is 1.58. The molecule has 1 amide bonds.